The predicted molar refractivity (Wildman–Crippen MR) is 85.3 cm³/mol. The molecule has 0 aliphatic carbocycles. The normalized spacial score (nSPS) is 12.5. The van der Waals surface area contributed by atoms with Gasteiger partial charge in [-0.3, -0.25) is 0 Å². The molecule has 0 aromatic heterocycles. The number of hydrogen-bond donors (Lipinski definition) is 1. The molecule has 1 unspecified atom stereocenters. The third kappa shape index (κ3) is 5.53. The fraction of sp³-hybridized carbons (Fsp3) is 0.625. The maximum absolute atomic E-state index is 5.49. The van der Waals surface area contributed by atoms with Crippen LogP contribution in [0, 0.1) is 0 Å². The molecule has 1 aromatic carbocycles. The van der Waals surface area contributed by atoms with Gasteiger partial charge in [-0.15, -0.1) is 0 Å². The van der Waals surface area contributed by atoms with E-state index in [1.54, 1.807) is 21.3 Å². The standard InChI is InChI=1S/C16H28N2O3/c1-17-15(12-18(2)9-6-10-19-3)14-8-7-13(20-4)11-16(14)21-5/h7-8,11,15,17H,6,9-10,12H2,1-5H3. The SMILES string of the molecule is CNC(CN(C)CCCOC)c1ccc(OC)cc1OC. The van der Waals surface area contributed by atoms with Crippen molar-refractivity contribution in [2.24, 2.45) is 0 Å². The zero-order valence-electron chi connectivity index (χ0n) is 13.8. The number of ether oxygens (including phenoxy) is 3. The number of methoxy groups -OCH3 is 3. The molecule has 0 heterocycles. The molecule has 1 N–H and O–H groups in total. The summed E-state index contributed by atoms with van der Waals surface area (Å²) < 4.78 is 15.8. The van der Waals surface area contributed by atoms with E-state index in [4.69, 9.17) is 14.2 Å². The lowest BCUT2D eigenvalue weighted by Crippen LogP contribution is -2.32. The van der Waals surface area contributed by atoms with Crippen molar-refractivity contribution in [1.82, 2.24) is 10.2 Å². The van der Waals surface area contributed by atoms with Gasteiger partial charge < -0.3 is 24.4 Å². The smallest absolute Gasteiger partial charge is 0.127 e. The summed E-state index contributed by atoms with van der Waals surface area (Å²) in [6, 6.07) is 6.15. The number of nitrogens with zero attached hydrogens (tertiary/aromatic N) is 1. The molecule has 21 heavy (non-hydrogen) atoms. The van der Waals surface area contributed by atoms with Gasteiger partial charge in [-0.05, 0) is 26.6 Å². The molecule has 0 aliphatic rings. The van der Waals surface area contributed by atoms with Gasteiger partial charge in [-0.2, -0.15) is 0 Å². The quantitative estimate of drug-likeness (QED) is 0.668. The molecule has 0 bridgehead atoms. The van der Waals surface area contributed by atoms with Gasteiger partial charge in [0, 0.05) is 44.5 Å². The first-order valence-corrected chi connectivity index (χ1v) is 7.22. The molecule has 1 aromatic rings. The molecular weight excluding hydrogens is 268 g/mol. The van der Waals surface area contributed by atoms with Crippen molar-refractivity contribution in [1.29, 1.82) is 0 Å². The van der Waals surface area contributed by atoms with Crippen LogP contribution in [-0.4, -0.2) is 60.0 Å². The van der Waals surface area contributed by atoms with Gasteiger partial charge in [-0.25, -0.2) is 0 Å². The van der Waals surface area contributed by atoms with Crippen molar-refractivity contribution in [2.45, 2.75) is 12.5 Å². The Labute approximate surface area is 128 Å². The van der Waals surface area contributed by atoms with Crippen LogP contribution in [0.2, 0.25) is 0 Å². The van der Waals surface area contributed by atoms with Gasteiger partial charge in [0.1, 0.15) is 11.5 Å². The summed E-state index contributed by atoms with van der Waals surface area (Å²) >= 11 is 0. The van der Waals surface area contributed by atoms with Gasteiger partial charge >= 0.3 is 0 Å². The molecule has 5 nitrogen and oxygen atoms in total. The number of hydrogen-bond acceptors (Lipinski definition) is 5. The van der Waals surface area contributed by atoms with Gasteiger partial charge in [0.15, 0.2) is 0 Å². The van der Waals surface area contributed by atoms with E-state index in [2.05, 4.69) is 23.3 Å². The van der Waals surface area contributed by atoms with E-state index >= 15 is 0 Å². The molecule has 0 saturated carbocycles. The monoisotopic (exact) mass is 296 g/mol. The molecule has 1 rings (SSSR count). The molecule has 0 amide bonds. The summed E-state index contributed by atoms with van der Waals surface area (Å²) in [7, 11) is 9.17. The maximum atomic E-state index is 5.49. The molecule has 5 heteroatoms. The minimum atomic E-state index is 0.207. The van der Waals surface area contributed by atoms with Crippen LogP contribution < -0.4 is 14.8 Å². The first-order valence-electron chi connectivity index (χ1n) is 7.22. The van der Waals surface area contributed by atoms with E-state index in [9.17, 15) is 0 Å². The Kier molecular flexibility index (Phi) is 8.12. The van der Waals surface area contributed by atoms with Crippen LogP contribution in [0.3, 0.4) is 0 Å². The fourth-order valence-electron chi connectivity index (χ4n) is 2.33. The highest BCUT2D eigenvalue weighted by Crippen LogP contribution is 2.29. The average Bonchev–Trinajstić information content (AvgIpc) is 2.52. The van der Waals surface area contributed by atoms with Crippen molar-refractivity contribution in [3.05, 3.63) is 23.8 Å². The third-order valence-electron chi connectivity index (χ3n) is 3.55. The summed E-state index contributed by atoms with van der Waals surface area (Å²) in [6.45, 7) is 2.70. The Bertz CT molecular complexity index is 413. The molecule has 0 radical (unpaired) electrons. The van der Waals surface area contributed by atoms with Crippen LogP contribution in [0.1, 0.15) is 18.0 Å². The van der Waals surface area contributed by atoms with Crippen LogP contribution in [-0.2, 0) is 4.74 Å². The third-order valence-corrected chi connectivity index (χ3v) is 3.55. The Morgan fingerprint density at radius 2 is 1.95 bits per heavy atom. The lowest BCUT2D eigenvalue weighted by atomic mass is 10.0. The first-order chi connectivity index (χ1) is 10.2. The van der Waals surface area contributed by atoms with E-state index in [0.29, 0.717) is 0 Å². The second-order valence-electron chi connectivity index (χ2n) is 5.06. The van der Waals surface area contributed by atoms with Gasteiger partial charge in [0.25, 0.3) is 0 Å². The van der Waals surface area contributed by atoms with Gasteiger partial charge in [0.2, 0.25) is 0 Å². The van der Waals surface area contributed by atoms with E-state index < -0.39 is 0 Å². The Hall–Kier alpha value is -1.30. The molecule has 1 atom stereocenters. The summed E-state index contributed by atoms with van der Waals surface area (Å²) in [4.78, 5) is 2.30. The molecule has 120 valence electrons. The van der Waals surface area contributed by atoms with Crippen LogP contribution in [0.4, 0.5) is 0 Å². The zero-order chi connectivity index (χ0) is 15.7. The maximum Gasteiger partial charge on any atom is 0.127 e. The highest BCUT2D eigenvalue weighted by atomic mass is 16.5. The number of benzene rings is 1. The topological polar surface area (TPSA) is 43.0 Å². The predicted octanol–water partition coefficient (Wildman–Crippen LogP) is 1.93. The van der Waals surface area contributed by atoms with E-state index in [1.807, 2.05) is 19.2 Å². The fourth-order valence-corrected chi connectivity index (χ4v) is 2.33. The van der Waals surface area contributed by atoms with Crippen molar-refractivity contribution in [3.8, 4) is 11.5 Å². The number of rotatable bonds is 10. The van der Waals surface area contributed by atoms with Gasteiger partial charge in [-0.1, -0.05) is 6.07 Å². The Morgan fingerprint density at radius 1 is 1.19 bits per heavy atom. The zero-order valence-corrected chi connectivity index (χ0v) is 13.8. The summed E-state index contributed by atoms with van der Waals surface area (Å²) in [5.74, 6) is 1.65. The highest BCUT2D eigenvalue weighted by Gasteiger charge is 2.17. The van der Waals surface area contributed by atoms with Gasteiger partial charge in [0.05, 0.1) is 14.2 Å². The minimum absolute atomic E-state index is 0.207. The van der Waals surface area contributed by atoms with Crippen molar-refractivity contribution < 1.29 is 14.2 Å². The number of likely N-dealkylation sites (N-methyl/N-ethyl adjacent to an activating group) is 2. The van der Waals surface area contributed by atoms with E-state index in [1.165, 1.54) is 0 Å². The Morgan fingerprint density at radius 3 is 2.52 bits per heavy atom. The van der Waals surface area contributed by atoms with E-state index in [0.717, 1.165) is 43.2 Å². The summed E-state index contributed by atoms with van der Waals surface area (Å²) in [5.41, 5.74) is 1.14. The largest absolute Gasteiger partial charge is 0.497 e. The summed E-state index contributed by atoms with van der Waals surface area (Å²) in [5, 5.41) is 3.36. The lowest BCUT2D eigenvalue weighted by Gasteiger charge is -2.25. The van der Waals surface area contributed by atoms with E-state index in [-0.39, 0.29) is 6.04 Å². The minimum Gasteiger partial charge on any atom is -0.497 e. The number of nitrogens with one attached hydrogen (secondary N) is 1. The molecule has 0 fully saturated rings. The van der Waals surface area contributed by atoms with Crippen LogP contribution in [0.25, 0.3) is 0 Å². The second-order valence-corrected chi connectivity index (χ2v) is 5.06. The Balaban J connectivity index is 2.75. The molecule has 0 spiro atoms. The summed E-state index contributed by atoms with van der Waals surface area (Å²) in [6.07, 6.45) is 1.03. The first kappa shape index (κ1) is 17.8. The molecule has 0 saturated heterocycles. The van der Waals surface area contributed by atoms with Crippen LogP contribution in [0.5, 0.6) is 11.5 Å². The van der Waals surface area contributed by atoms with Crippen molar-refractivity contribution >= 4 is 0 Å². The van der Waals surface area contributed by atoms with Crippen molar-refractivity contribution in [2.75, 3.05) is 55.1 Å². The molecular formula is C16H28N2O3. The second kappa shape index (κ2) is 9.60. The van der Waals surface area contributed by atoms with Crippen LogP contribution >= 0.6 is 0 Å². The highest BCUT2D eigenvalue weighted by molar-refractivity contribution is 5.42. The lowest BCUT2D eigenvalue weighted by molar-refractivity contribution is 0.176. The molecule has 0 aliphatic heterocycles. The van der Waals surface area contributed by atoms with Crippen LogP contribution in [0.15, 0.2) is 18.2 Å². The average molecular weight is 296 g/mol. The van der Waals surface area contributed by atoms with Crippen molar-refractivity contribution in [3.63, 3.8) is 0 Å².